The number of ether oxygens (including phenoxy) is 2. The van der Waals surface area contributed by atoms with Crippen LogP contribution in [0.25, 0.3) is 0 Å². The van der Waals surface area contributed by atoms with E-state index in [0.717, 1.165) is 18.4 Å². The summed E-state index contributed by atoms with van der Waals surface area (Å²) < 4.78 is 25.1. The van der Waals surface area contributed by atoms with Gasteiger partial charge in [-0.1, -0.05) is 18.2 Å². The van der Waals surface area contributed by atoms with Gasteiger partial charge in [0.2, 0.25) is 0 Å². The average molecular weight is 597 g/mol. The number of hydrogen-bond donors (Lipinski definition) is 1. The van der Waals surface area contributed by atoms with E-state index in [4.69, 9.17) is 22.1 Å². The normalized spacial score (nSPS) is 21.3. The first-order valence-electron chi connectivity index (χ1n) is 13.6. The van der Waals surface area contributed by atoms with E-state index in [-0.39, 0.29) is 54.2 Å². The molecule has 1 saturated carbocycles. The fourth-order valence-electron chi connectivity index (χ4n) is 4.90. The van der Waals surface area contributed by atoms with Crippen LogP contribution in [-0.2, 0) is 19.1 Å². The van der Waals surface area contributed by atoms with Gasteiger partial charge in [-0.25, -0.2) is 9.18 Å². The lowest BCUT2D eigenvalue weighted by Gasteiger charge is -2.39. The minimum absolute atomic E-state index is 0. The summed E-state index contributed by atoms with van der Waals surface area (Å²) in [6, 6.07) is 5.84. The zero-order valence-electron chi connectivity index (χ0n) is 22.9. The number of rotatable bonds is 11. The van der Waals surface area contributed by atoms with Crippen molar-refractivity contribution in [3.8, 4) is 0 Å². The minimum Gasteiger partial charge on any atom is -0.466 e. The number of nitrogens with zero attached hydrogens (tertiary/aromatic N) is 4. The number of thiol groups is 1. The Labute approximate surface area is 246 Å². The third-order valence-corrected chi connectivity index (χ3v) is 7.58. The van der Waals surface area contributed by atoms with Gasteiger partial charge < -0.3 is 9.47 Å². The molecular weight excluding hydrogens is 559 g/mol. The quantitative estimate of drug-likeness (QED) is 0.286. The first-order chi connectivity index (χ1) is 18.8. The zero-order valence-corrected chi connectivity index (χ0v) is 24.6. The second kappa shape index (κ2) is 14.9. The standard InChI is InChI=1S/C28H37FN4O5S.ClH/c1-3-37-25(34)10-7-14-33-31(16-17-32(33)28(36)38-4-2)19-21-18-30(15-13-24(21)39)26(27(35)20-11-12-20)22-8-5-6-9-23(22)29;/h5-6,8-9,16-17,19-20,24,26,39H,3-4,7,10-15,18H2,1-2H3;1H/b21-19+;. The molecule has 2 unspecified atom stereocenters. The van der Waals surface area contributed by atoms with Crippen LogP contribution in [0.1, 0.15) is 57.6 Å². The highest BCUT2D eigenvalue weighted by Crippen LogP contribution is 2.39. The van der Waals surface area contributed by atoms with Gasteiger partial charge in [-0.05, 0) is 51.2 Å². The molecule has 1 saturated heterocycles. The van der Waals surface area contributed by atoms with Crippen molar-refractivity contribution in [2.75, 3.05) is 32.8 Å². The number of amides is 1. The third-order valence-electron chi connectivity index (χ3n) is 6.99. The number of benzene rings is 1. The number of ketones is 1. The number of hydrazine groups is 2. The molecule has 4 rings (SSSR count). The Bertz CT molecular complexity index is 1120. The molecule has 1 amide bonds. The molecule has 0 aromatic heterocycles. The molecule has 1 aromatic rings. The Morgan fingerprint density at radius 2 is 1.82 bits per heavy atom. The molecule has 0 N–H and O–H groups in total. The van der Waals surface area contributed by atoms with E-state index in [1.165, 1.54) is 11.1 Å². The maximum Gasteiger partial charge on any atom is 0.430 e. The van der Waals surface area contributed by atoms with Crippen LogP contribution in [0.2, 0.25) is 0 Å². The van der Waals surface area contributed by atoms with Crippen molar-refractivity contribution in [3.63, 3.8) is 0 Å². The van der Waals surface area contributed by atoms with Crippen LogP contribution in [0.4, 0.5) is 9.18 Å². The summed E-state index contributed by atoms with van der Waals surface area (Å²) in [5.41, 5.74) is 1.33. The molecule has 2 fully saturated rings. The van der Waals surface area contributed by atoms with Crippen molar-refractivity contribution in [3.05, 3.63) is 59.8 Å². The Morgan fingerprint density at radius 3 is 2.50 bits per heavy atom. The summed E-state index contributed by atoms with van der Waals surface area (Å²) in [7, 11) is 0. The van der Waals surface area contributed by atoms with Crippen molar-refractivity contribution in [1.82, 2.24) is 20.0 Å². The minimum atomic E-state index is -0.659. The molecule has 12 heteroatoms. The van der Waals surface area contributed by atoms with Crippen molar-refractivity contribution in [2.45, 2.75) is 57.2 Å². The van der Waals surface area contributed by atoms with Gasteiger partial charge in [0, 0.05) is 61.4 Å². The highest BCUT2D eigenvalue weighted by Gasteiger charge is 2.41. The van der Waals surface area contributed by atoms with Crippen LogP contribution in [0.15, 0.2) is 48.4 Å². The van der Waals surface area contributed by atoms with Gasteiger partial charge in [-0.2, -0.15) is 17.6 Å². The van der Waals surface area contributed by atoms with Gasteiger partial charge >= 0.3 is 12.1 Å². The fourth-order valence-corrected chi connectivity index (χ4v) is 5.16. The number of piperidine rings is 1. The SMILES string of the molecule is CCOC(=O)CCCN1N(/C=C2\CN(C(C(=O)C3CC3)c3ccccc3F)CCC2S)C=CN1C(=O)OCC.Cl. The van der Waals surface area contributed by atoms with Gasteiger partial charge in [0.05, 0.1) is 19.3 Å². The number of hydrogen-bond acceptors (Lipinski definition) is 9. The lowest BCUT2D eigenvalue weighted by atomic mass is 9.94. The van der Waals surface area contributed by atoms with Crippen molar-refractivity contribution >= 4 is 42.9 Å². The summed E-state index contributed by atoms with van der Waals surface area (Å²) in [5, 5.41) is 4.74. The van der Waals surface area contributed by atoms with E-state index >= 15 is 0 Å². The highest BCUT2D eigenvalue weighted by molar-refractivity contribution is 7.81. The van der Waals surface area contributed by atoms with Gasteiger partial charge in [-0.15, -0.1) is 17.5 Å². The lowest BCUT2D eigenvalue weighted by Crippen LogP contribution is -2.47. The molecular formula is C28H38ClFN4O5S. The van der Waals surface area contributed by atoms with E-state index in [1.54, 1.807) is 54.6 Å². The second-order valence-corrected chi connectivity index (χ2v) is 10.4. The Morgan fingerprint density at radius 1 is 1.10 bits per heavy atom. The van der Waals surface area contributed by atoms with E-state index < -0.39 is 12.1 Å². The smallest absolute Gasteiger partial charge is 0.430 e. The van der Waals surface area contributed by atoms with Gasteiger partial charge in [0.25, 0.3) is 0 Å². The van der Waals surface area contributed by atoms with Crippen molar-refractivity contribution < 1.29 is 28.2 Å². The summed E-state index contributed by atoms with van der Waals surface area (Å²) in [6.07, 6.45) is 7.73. The van der Waals surface area contributed by atoms with E-state index in [2.05, 4.69) is 0 Å². The van der Waals surface area contributed by atoms with Crippen LogP contribution in [0, 0.1) is 11.7 Å². The number of likely N-dealkylation sites (tertiary alicyclic amines) is 1. The van der Waals surface area contributed by atoms with Crippen molar-refractivity contribution in [2.24, 2.45) is 5.92 Å². The molecule has 2 atom stereocenters. The summed E-state index contributed by atoms with van der Waals surface area (Å²) in [5.74, 6) is -0.636. The van der Waals surface area contributed by atoms with Crippen LogP contribution < -0.4 is 0 Å². The monoisotopic (exact) mass is 596 g/mol. The first kappa shape index (κ1) is 31.9. The van der Waals surface area contributed by atoms with Gasteiger partial charge in [-0.3, -0.25) is 19.5 Å². The Kier molecular flexibility index (Phi) is 11.9. The summed E-state index contributed by atoms with van der Waals surface area (Å²) >= 11 is 4.81. The maximum absolute atomic E-state index is 14.9. The van der Waals surface area contributed by atoms with Crippen LogP contribution in [0.5, 0.6) is 0 Å². The maximum atomic E-state index is 14.9. The second-order valence-electron chi connectivity index (χ2n) is 9.81. The summed E-state index contributed by atoms with van der Waals surface area (Å²) in [4.78, 5) is 39.9. The van der Waals surface area contributed by atoms with Crippen LogP contribution in [-0.4, -0.2) is 76.0 Å². The van der Waals surface area contributed by atoms with Crippen molar-refractivity contribution in [1.29, 1.82) is 0 Å². The number of carbonyl (C=O) groups is 3. The number of halogens is 2. The molecule has 2 heterocycles. The molecule has 2 aliphatic heterocycles. The molecule has 1 aromatic carbocycles. The predicted octanol–water partition coefficient (Wildman–Crippen LogP) is 4.88. The van der Waals surface area contributed by atoms with E-state index in [1.807, 2.05) is 11.1 Å². The first-order valence-corrected chi connectivity index (χ1v) is 14.1. The predicted molar refractivity (Wildman–Crippen MR) is 154 cm³/mol. The highest BCUT2D eigenvalue weighted by atomic mass is 35.5. The Balaban J connectivity index is 0.00000441. The molecule has 9 nitrogen and oxygen atoms in total. The largest absolute Gasteiger partial charge is 0.466 e. The summed E-state index contributed by atoms with van der Waals surface area (Å²) in [6.45, 7) is 5.42. The zero-order chi connectivity index (χ0) is 27.9. The third kappa shape index (κ3) is 7.78. The molecule has 220 valence electrons. The molecule has 0 radical (unpaired) electrons. The molecule has 0 bridgehead atoms. The topological polar surface area (TPSA) is 82.6 Å². The van der Waals surface area contributed by atoms with Gasteiger partial charge in [0.1, 0.15) is 5.82 Å². The lowest BCUT2D eigenvalue weighted by molar-refractivity contribution is -0.143. The van der Waals surface area contributed by atoms with Crippen LogP contribution in [0.3, 0.4) is 0 Å². The number of Topliss-reactive ketones (excluding diaryl/α,β-unsaturated/α-hetero) is 1. The average Bonchev–Trinajstić information content (AvgIpc) is 3.69. The van der Waals surface area contributed by atoms with E-state index in [9.17, 15) is 18.8 Å². The Hall–Kier alpha value is -2.60. The fraction of sp³-hybridized carbons (Fsp3) is 0.536. The molecule has 0 spiro atoms. The van der Waals surface area contributed by atoms with Crippen LogP contribution >= 0.6 is 25.0 Å². The number of carbonyl (C=O) groups excluding carboxylic acids is 3. The molecule has 3 aliphatic rings. The number of esters is 1. The molecule has 40 heavy (non-hydrogen) atoms. The molecule has 1 aliphatic carbocycles. The van der Waals surface area contributed by atoms with Gasteiger partial charge in [0.15, 0.2) is 5.78 Å². The van der Waals surface area contributed by atoms with E-state index in [0.29, 0.717) is 44.6 Å².